The fraction of sp³-hybridized carbons (Fsp3) is 1.00. The van der Waals surface area contributed by atoms with Crippen LogP contribution in [0, 0.1) is 0 Å². The van der Waals surface area contributed by atoms with E-state index in [1.54, 1.807) is 0 Å². The van der Waals surface area contributed by atoms with E-state index >= 15 is 0 Å². The minimum absolute atomic E-state index is 0. The summed E-state index contributed by atoms with van der Waals surface area (Å²) in [7, 11) is -4.22. The molecule has 0 radical (unpaired) electrons. The SMILES string of the molecule is CC(O)CS(=O)(=O)[O-].[K+]. The first kappa shape index (κ1) is 13.1. The Morgan fingerprint density at radius 2 is 2.00 bits per heavy atom. The average molecular weight is 178 g/mol. The van der Waals surface area contributed by atoms with Gasteiger partial charge in [0.1, 0.15) is 0 Å². The molecule has 0 aliphatic carbocycles. The molecule has 0 aliphatic heterocycles. The van der Waals surface area contributed by atoms with Gasteiger partial charge < -0.3 is 9.66 Å². The first-order chi connectivity index (χ1) is 3.42. The molecule has 0 aromatic heterocycles. The molecule has 0 fully saturated rings. The van der Waals surface area contributed by atoms with Crippen LogP contribution in [-0.2, 0) is 10.1 Å². The van der Waals surface area contributed by atoms with Crippen molar-refractivity contribution in [1.82, 2.24) is 0 Å². The van der Waals surface area contributed by atoms with Gasteiger partial charge in [-0.1, -0.05) is 0 Å². The fourth-order valence-electron chi connectivity index (χ4n) is 0.295. The molecule has 9 heavy (non-hydrogen) atoms. The van der Waals surface area contributed by atoms with E-state index in [9.17, 15) is 13.0 Å². The third-order valence-corrected chi connectivity index (χ3v) is 1.34. The standard InChI is InChI=1S/C3H8O4S.K/c1-3(4)2-8(5,6)7;/h3-4H,2H2,1H3,(H,5,6,7);/q;+1/p-1. The van der Waals surface area contributed by atoms with Crippen molar-refractivity contribution >= 4 is 10.1 Å². The van der Waals surface area contributed by atoms with Gasteiger partial charge in [-0.25, -0.2) is 8.42 Å². The molecule has 0 aliphatic rings. The van der Waals surface area contributed by atoms with Crippen LogP contribution < -0.4 is 51.4 Å². The normalized spacial score (nSPS) is 14.1. The number of hydrogen-bond acceptors (Lipinski definition) is 4. The molecule has 0 bridgehead atoms. The maximum atomic E-state index is 9.73. The van der Waals surface area contributed by atoms with Gasteiger partial charge in [0.05, 0.1) is 22.0 Å². The summed E-state index contributed by atoms with van der Waals surface area (Å²) in [4.78, 5) is 0. The summed E-state index contributed by atoms with van der Waals surface area (Å²) >= 11 is 0. The molecule has 1 atom stereocenters. The fourth-order valence-corrected chi connectivity index (χ4v) is 0.886. The van der Waals surface area contributed by atoms with Crippen LogP contribution in [0.4, 0.5) is 0 Å². The first-order valence-corrected chi connectivity index (χ1v) is 3.61. The van der Waals surface area contributed by atoms with Gasteiger partial charge in [-0.2, -0.15) is 0 Å². The Morgan fingerprint density at radius 3 is 2.00 bits per heavy atom. The molecule has 0 heterocycles. The molecular formula is C3H7KO4S. The molecule has 0 aromatic rings. The maximum Gasteiger partial charge on any atom is 1.00 e. The van der Waals surface area contributed by atoms with Crippen LogP contribution in [0.5, 0.6) is 0 Å². The van der Waals surface area contributed by atoms with E-state index in [0.717, 1.165) is 0 Å². The van der Waals surface area contributed by atoms with Gasteiger partial charge >= 0.3 is 51.4 Å². The topological polar surface area (TPSA) is 77.4 Å². The summed E-state index contributed by atoms with van der Waals surface area (Å²) in [5.74, 6) is -0.701. The van der Waals surface area contributed by atoms with Crippen LogP contribution in [0.15, 0.2) is 0 Å². The second-order valence-corrected chi connectivity index (χ2v) is 3.02. The summed E-state index contributed by atoms with van der Waals surface area (Å²) < 4.78 is 29.2. The minimum atomic E-state index is -4.22. The Balaban J connectivity index is 0. The molecule has 0 saturated carbocycles. The molecule has 1 N–H and O–H groups in total. The van der Waals surface area contributed by atoms with E-state index in [2.05, 4.69) is 0 Å². The Morgan fingerprint density at radius 1 is 1.67 bits per heavy atom. The number of aliphatic hydroxyl groups is 1. The minimum Gasteiger partial charge on any atom is -0.748 e. The Hall–Kier alpha value is 1.51. The molecule has 50 valence electrons. The molecule has 0 spiro atoms. The summed E-state index contributed by atoms with van der Waals surface area (Å²) in [6.07, 6.45) is -1.06. The van der Waals surface area contributed by atoms with Gasteiger partial charge in [0.15, 0.2) is 0 Å². The van der Waals surface area contributed by atoms with Gasteiger partial charge in [-0.05, 0) is 6.92 Å². The second-order valence-electron chi connectivity index (χ2n) is 1.57. The monoisotopic (exact) mass is 178 g/mol. The van der Waals surface area contributed by atoms with Crippen LogP contribution >= 0.6 is 0 Å². The van der Waals surface area contributed by atoms with Crippen LogP contribution in [-0.4, -0.2) is 29.9 Å². The van der Waals surface area contributed by atoms with E-state index in [1.165, 1.54) is 6.92 Å². The van der Waals surface area contributed by atoms with E-state index in [-0.39, 0.29) is 51.4 Å². The zero-order valence-corrected chi connectivity index (χ0v) is 9.30. The molecular weight excluding hydrogens is 171 g/mol. The van der Waals surface area contributed by atoms with Gasteiger partial charge in [-0.15, -0.1) is 0 Å². The third kappa shape index (κ3) is 12.7. The Bertz CT molecular complexity index is 149. The Labute approximate surface area is 96.8 Å². The van der Waals surface area contributed by atoms with Gasteiger partial charge in [0, 0.05) is 0 Å². The van der Waals surface area contributed by atoms with Crippen molar-refractivity contribution in [3.8, 4) is 0 Å². The van der Waals surface area contributed by atoms with Crippen molar-refractivity contribution < 1.29 is 69.5 Å². The molecule has 0 saturated heterocycles. The zero-order valence-electron chi connectivity index (χ0n) is 5.36. The van der Waals surface area contributed by atoms with Gasteiger partial charge in [-0.3, -0.25) is 0 Å². The number of rotatable bonds is 2. The van der Waals surface area contributed by atoms with Crippen LogP contribution in [0.2, 0.25) is 0 Å². The van der Waals surface area contributed by atoms with Gasteiger partial charge in [0.25, 0.3) is 0 Å². The van der Waals surface area contributed by atoms with Crippen molar-refractivity contribution in [2.45, 2.75) is 13.0 Å². The molecule has 4 nitrogen and oxygen atoms in total. The van der Waals surface area contributed by atoms with Crippen molar-refractivity contribution in [3.05, 3.63) is 0 Å². The van der Waals surface area contributed by atoms with E-state index < -0.39 is 22.0 Å². The van der Waals surface area contributed by atoms with E-state index in [1.807, 2.05) is 0 Å². The van der Waals surface area contributed by atoms with Crippen molar-refractivity contribution in [2.75, 3.05) is 5.75 Å². The summed E-state index contributed by atoms with van der Waals surface area (Å²) in [6.45, 7) is 1.25. The van der Waals surface area contributed by atoms with Crippen LogP contribution in [0.25, 0.3) is 0 Å². The van der Waals surface area contributed by atoms with Gasteiger partial charge in [0.2, 0.25) is 0 Å². The molecule has 1 unspecified atom stereocenters. The van der Waals surface area contributed by atoms with E-state index in [4.69, 9.17) is 5.11 Å². The van der Waals surface area contributed by atoms with Crippen molar-refractivity contribution in [3.63, 3.8) is 0 Å². The number of aliphatic hydroxyl groups excluding tert-OH is 1. The van der Waals surface area contributed by atoms with Crippen molar-refractivity contribution in [1.29, 1.82) is 0 Å². The molecule has 0 aromatic carbocycles. The largest absolute Gasteiger partial charge is 1.00 e. The molecule has 0 amide bonds. The first-order valence-electron chi connectivity index (χ1n) is 2.03. The average Bonchev–Trinajstić information content (AvgIpc) is 1.21. The van der Waals surface area contributed by atoms with Crippen LogP contribution in [0.3, 0.4) is 0 Å². The number of hydrogen-bond donors (Lipinski definition) is 1. The maximum absolute atomic E-state index is 9.73. The predicted molar refractivity (Wildman–Crippen MR) is 26.2 cm³/mol. The summed E-state index contributed by atoms with van der Waals surface area (Å²) in [5.41, 5.74) is 0. The second kappa shape index (κ2) is 5.20. The quantitative estimate of drug-likeness (QED) is 0.344. The summed E-state index contributed by atoms with van der Waals surface area (Å²) in [5, 5.41) is 8.31. The van der Waals surface area contributed by atoms with Crippen LogP contribution in [0.1, 0.15) is 6.92 Å². The van der Waals surface area contributed by atoms with Crippen molar-refractivity contribution in [2.24, 2.45) is 0 Å². The predicted octanol–water partition coefficient (Wildman–Crippen LogP) is -4.08. The third-order valence-electron chi connectivity index (χ3n) is 0.445. The smallest absolute Gasteiger partial charge is 0.748 e. The molecule has 6 heteroatoms. The zero-order chi connectivity index (χ0) is 6.78. The molecule has 0 rings (SSSR count). The summed E-state index contributed by atoms with van der Waals surface area (Å²) in [6, 6.07) is 0. The Kier molecular flexibility index (Phi) is 7.57. The van der Waals surface area contributed by atoms with E-state index in [0.29, 0.717) is 0 Å².